The minimum atomic E-state index is 0.581. The third kappa shape index (κ3) is 3.57. The van der Waals surface area contributed by atoms with Crippen molar-refractivity contribution in [3.05, 3.63) is 41.5 Å². The maximum absolute atomic E-state index is 5.59. The Morgan fingerprint density at radius 1 is 1.12 bits per heavy atom. The number of benzene rings is 1. The summed E-state index contributed by atoms with van der Waals surface area (Å²) in [7, 11) is 0. The van der Waals surface area contributed by atoms with E-state index in [9.17, 15) is 0 Å². The molecule has 1 aromatic rings. The highest BCUT2D eigenvalue weighted by Crippen LogP contribution is 2.22. The largest absolute Gasteiger partial charge is 0.381 e. The van der Waals surface area contributed by atoms with Gasteiger partial charge < -0.3 is 5.32 Å². The lowest BCUT2D eigenvalue weighted by molar-refractivity contribution is 1.08. The molecule has 1 rings (SSSR count). The average Bonchev–Trinajstić information content (AvgIpc) is 2.34. The second-order valence-corrected chi connectivity index (χ2v) is 3.97. The van der Waals surface area contributed by atoms with Crippen molar-refractivity contribution in [3.8, 4) is 0 Å². The van der Waals surface area contributed by atoms with Crippen LogP contribution in [0.15, 0.2) is 30.4 Å². The topological polar surface area (TPSA) is 12.0 Å². The van der Waals surface area contributed by atoms with Gasteiger partial charge >= 0.3 is 0 Å². The zero-order valence-electron chi connectivity index (χ0n) is 10.1. The number of rotatable bonds is 6. The molecule has 0 aliphatic rings. The number of hydrogen-bond donors (Lipinski definition) is 1. The molecule has 0 radical (unpaired) electrons. The molecule has 0 unspecified atom stereocenters. The van der Waals surface area contributed by atoms with Gasteiger partial charge in [-0.1, -0.05) is 44.2 Å². The number of hydrogen-bond acceptors (Lipinski definition) is 1. The summed E-state index contributed by atoms with van der Waals surface area (Å²) in [4.78, 5) is 0. The molecule has 0 aliphatic carbocycles. The van der Waals surface area contributed by atoms with E-state index in [1.807, 2.05) is 6.08 Å². The quantitative estimate of drug-likeness (QED) is 0.582. The van der Waals surface area contributed by atoms with Crippen LogP contribution in [-0.2, 0) is 12.8 Å². The van der Waals surface area contributed by atoms with Gasteiger partial charge in [0.15, 0.2) is 0 Å². The molecule has 0 saturated heterocycles. The lowest BCUT2D eigenvalue weighted by atomic mass is 10.0. The SMILES string of the molecule is CCc1cccc(CC)c1NC/C=C/CCl. The number of alkyl halides is 1. The molecule has 0 aromatic heterocycles. The number of allylic oxidation sites excluding steroid dienone is 1. The van der Waals surface area contributed by atoms with Crippen molar-refractivity contribution in [2.45, 2.75) is 26.7 Å². The Kier molecular flexibility index (Phi) is 6.02. The first-order valence-electron chi connectivity index (χ1n) is 5.89. The van der Waals surface area contributed by atoms with Gasteiger partial charge in [-0.3, -0.25) is 0 Å². The zero-order chi connectivity index (χ0) is 11.8. The van der Waals surface area contributed by atoms with Gasteiger partial charge in [0.25, 0.3) is 0 Å². The van der Waals surface area contributed by atoms with Gasteiger partial charge in [0, 0.05) is 18.1 Å². The number of aryl methyl sites for hydroxylation is 2. The van der Waals surface area contributed by atoms with Crippen LogP contribution in [0.5, 0.6) is 0 Å². The van der Waals surface area contributed by atoms with E-state index in [4.69, 9.17) is 11.6 Å². The molecule has 0 fully saturated rings. The highest BCUT2D eigenvalue weighted by molar-refractivity contribution is 6.18. The van der Waals surface area contributed by atoms with E-state index in [0.29, 0.717) is 5.88 Å². The predicted octanol–water partition coefficient (Wildman–Crippen LogP) is 4.02. The Bertz CT molecular complexity index is 322. The molecule has 2 heteroatoms. The van der Waals surface area contributed by atoms with Crippen molar-refractivity contribution in [3.63, 3.8) is 0 Å². The van der Waals surface area contributed by atoms with Crippen molar-refractivity contribution in [1.29, 1.82) is 0 Å². The fourth-order valence-electron chi connectivity index (χ4n) is 1.78. The van der Waals surface area contributed by atoms with Crippen LogP contribution in [0.2, 0.25) is 0 Å². The first-order chi connectivity index (χ1) is 7.83. The summed E-state index contributed by atoms with van der Waals surface area (Å²) < 4.78 is 0. The van der Waals surface area contributed by atoms with Crippen molar-refractivity contribution >= 4 is 17.3 Å². The van der Waals surface area contributed by atoms with Crippen LogP contribution in [0.3, 0.4) is 0 Å². The predicted molar refractivity (Wildman–Crippen MR) is 73.5 cm³/mol. The van der Waals surface area contributed by atoms with Crippen LogP contribution >= 0.6 is 11.6 Å². The minimum absolute atomic E-state index is 0.581. The molecule has 1 N–H and O–H groups in total. The zero-order valence-corrected chi connectivity index (χ0v) is 10.8. The van der Waals surface area contributed by atoms with Crippen molar-refractivity contribution in [2.75, 3.05) is 17.7 Å². The molecule has 0 spiro atoms. The van der Waals surface area contributed by atoms with E-state index < -0.39 is 0 Å². The van der Waals surface area contributed by atoms with Crippen molar-refractivity contribution in [2.24, 2.45) is 0 Å². The Labute approximate surface area is 104 Å². The Hall–Kier alpha value is -0.950. The summed E-state index contributed by atoms with van der Waals surface area (Å²) in [5, 5.41) is 3.47. The normalized spacial score (nSPS) is 10.9. The lowest BCUT2D eigenvalue weighted by Gasteiger charge is -2.14. The van der Waals surface area contributed by atoms with E-state index in [-0.39, 0.29) is 0 Å². The summed E-state index contributed by atoms with van der Waals surface area (Å²) >= 11 is 5.59. The molecule has 0 amide bonds. The molecule has 1 nitrogen and oxygen atoms in total. The van der Waals surface area contributed by atoms with E-state index in [1.54, 1.807) is 0 Å². The number of halogens is 1. The Morgan fingerprint density at radius 2 is 1.75 bits per heavy atom. The summed E-state index contributed by atoms with van der Waals surface area (Å²) in [6.07, 6.45) is 6.17. The summed E-state index contributed by atoms with van der Waals surface area (Å²) in [5.41, 5.74) is 4.07. The van der Waals surface area contributed by atoms with Crippen molar-refractivity contribution < 1.29 is 0 Å². The molecular formula is C14H20ClN. The number of para-hydroxylation sites is 1. The first-order valence-corrected chi connectivity index (χ1v) is 6.42. The average molecular weight is 238 g/mol. The van der Waals surface area contributed by atoms with E-state index in [2.05, 4.69) is 43.4 Å². The smallest absolute Gasteiger partial charge is 0.0407 e. The molecular weight excluding hydrogens is 218 g/mol. The van der Waals surface area contributed by atoms with Crippen LogP contribution < -0.4 is 5.32 Å². The highest BCUT2D eigenvalue weighted by atomic mass is 35.5. The molecule has 0 atom stereocenters. The standard InChI is InChI=1S/C14H20ClN/c1-3-12-8-7-9-13(4-2)14(12)16-11-6-5-10-15/h5-9,16H,3-4,10-11H2,1-2H3/b6-5+. The maximum atomic E-state index is 5.59. The number of nitrogens with one attached hydrogen (secondary N) is 1. The first kappa shape index (κ1) is 13.1. The summed E-state index contributed by atoms with van der Waals surface area (Å²) in [6, 6.07) is 6.51. The van der Waals surface area contributed by atoms with Crippen molar-refractivity contribution in [1.82, 2.24) is 0 Å². The summed E-state index contributed by atoms with van der Waals surface area (Å²) in [6.45, 7) is 5.22. The highest BCUT2D eigenvalue weighted by Gasteiger charge is 2.03. The van der Waals surface area contributed by atoms with Crippen LogP contribution in [-0.4, -0.2) is 12.4 Å². The van der Waals surface area contributed by atoms with Gasteiger partial charge in [0.1, 0.15) is 0 Å². The van der Waals surface area contributed by atoms with Gasteiger partial charge in [-0.25, -0.2) is 0 Å². The van der Waals surface area contributed by atoms with E-state index in [1.165, 1.54) is 16.8 Å². The molecule has 16 heavy (non-hydrogen) atoms. The molecule has 88 valence electrons. The van der Waals surface area contributed by atoms with Crippen LogP contribution in [0, 0.1) is 0 Å². The lowest BCUT2D eigenvalue weighted by Crippen LogP contribution is -2.04. The van der Waals surface area contributed by atoms with Gasteiger partial charge in [0.05, 0.1) is 0 Å². The van der Waals surface area contributed by atoms with Gasteiger partial charge in [-0.2, -0.15) is 0 Å². The minimum Gasteiger partial charge on any atom is -0.381 e. The fourth-order valence-corrected chi connectivity index (χ4v) is 1.90. The Balaban J connectivity index is 2.78. The van der Waals surface area contributed by atoms with Gasteiger partial charge in [-0.15, -0.1) is 11.6 Å². The van der Waals surface area contributed by atoms with Gasteiger partial charge in [-0.05, 0) is 24.0 Å². The van der Waals surface area contributed by atoms with E-state index >= 15 is 0 Å². The molecule has 0 bridgehead atoms. The van der Waals surface area contributed by atoms with Crippen LogP contribution in [0.4, 0.5) is 5.69 Å². The number of anilines is 1. The third-order valence-electron chi connectivity index (χ3n) is 2.65. The molecule has 0 aliphatic heterocycles. The molecule has 1 aromatic carbocycles. The van der Waals surface area contributed by atoms with Gasteiger partial charge in [0.2, 0.25) is 0 Å². The van der Waals surface area contributed by atoms with E-state index in [0.717, 1.165) is 19.4 Å². The summed E-state index contributed by atoms with van der Waals surface area (Å²) in [5.74, 6) is 0.581. The monoisotopic (exact) mass is 237 g/mol. The molecule has 0 saturated carbocycles. The molecule has 0 heterocycles. The second-order valence-electron chi connectivity index (χ2n) is 3.66. The third-order valence-corrected chi connectivity index (χ3v) is 2.83. The second kappa shape index (κ2) is 7.34. The Morgan fingerprint density at radius 3 is 2.25 bits per heavy atom. The van der Waals surface area contributed by atoms with Crippen LogP contribution in [0.1, 0.15) is 25.0 Å². The van der Waals surface area contributed by atoms with Crippen LogP contribution in [0.25, 0.3) is 0 Å². The maximum Gasteiger partial charge on any atom is 0.0407 e. The fraction of sp³-hybridized carbons (Fsp3) is 0.429.